The molecule has 5 fully saturated rings. The number of allylic oxidation sites excluding steroid dienone is 1. The number of rotatable bonds is 20. The van der Waals surface area contributed by atoms with Crippen molar-refractivity contribution in [1.29, 1.82) is 0 Å². The quantitative estimate of drug-likeness (QED) is 0.0243. The van der Waals surface area contributed by atoms with Crippen LogP contribution in [-0.4, -0.2) is 132 Å². The Morgan fingerprint density at radius 1 is 0.825 bits per heavy atom. The molecule has 19 nitrogen and oxygen atoms in total. The maximum Gasteiger partial charge on any atom is 0.412 e. The Kier molecular flexibility index (Phi) is 20.2. The number of nitrogens with one attached hydrogen (secondary N) is 2. The van der Waals surface area contributed by atoms with Gasteiger partial charge in [-0.2, -0.15) is 0 Å². The minimum atomic E-state index is -1.70. The number of halogens is 1. The highest BCUT2D eigenvalue weighted by molar-refractivity contribution is 14.1. The molecule has 3 saturated carbocycles. The van der Waals surface area contributed by atoms with E-state index in [2.05, 4.69) is 73.6 Å². The van der Waals surface area contributed by atoms with Gasteiger partial charge in [-0.3, -0.25) is 9.59 Å². The van der Waals surface area contributed by atoms with Crippen molar-refractivity contribution < 1.29 is 81.6 Å². The molecule has 0 aromatic heterocycles. The number of ketones is 1. The first-order chi connectivity index (χ1) is 38.1. The van der Waals surface area contributed by atoms with Crippen molar-refractivity contribution in [2.45, 2.75) is 177 Å². The predicted molar refractivity (Wildman–Crippen MR) is 299 cm³/mol. The molecule has 440 valence electrons. The number of fused-ring (bicyclic) bond motifs is 5. The number of amides is 2. The van der Waals surface area contributed by atoms with Crippen molar-refractivity contribution >= 4 is 52.5 Å². The first-order valence-electron chi connectivity index (χ1n) is 28.1. The molecule has 80 heavy (non-hydrogen) atoms. The van der Waals surface area contributed by atoms with E-state index < -0.39 is 90.3 Å². The standard InChI is InChI=1S/C60H81IN2O17/c1-10-73-56(68)62-29-36-12-14-37(15-13-36)30-63-57(69)77-41-23-25-58(6)39(27-41)18-21-42-43(58)24-26-59(7)44(42)28-48(60(59,70)34(4)46(65)22-11-33(2)3)78-54-52(76-35(5)64)50(47(66)32-75-54)80-55-51(49(72-9)45(61)31-74-55)79-53(67)38-16-19-40(71-8)20-17-38/h10,12-20,33-34,41-45,47-52,54-55,66,70H,1,11,21-32H2,2-9H3,(H,62,68)(H,63,69)/t34-,41+,42-,43?,44+,45?,47?,48+,49?,50?,51?,52?,54?,55?,58+,59+,60-/m1/s1. The van der Waals surface area contributed by atoms with Crippen molar-refractivity contribution in [3.05, 3.63) is 89.7 Å². The van der Waals surface area contributed by atoms with Crippen LogP contribution in [0, 0.1) is 40.4 Å². The summed E-state index contributed by atoms with van der Waals surface area (Å²) in [6.07, 6.45) is -2.19. The lowest BCUT2D eigenvalue weighted by Gasteiger charge is -2.59. The third-order valence-corrected chi connectivity index (χ3v) is 19.4. The van der Waals surface area contributed by atoms with Gasteiger partial charge in [-0.05, 0) is 109 Å². The van der Waals surface area contributed by atoms with E-state index in [4.69, 9.17) is 47.4 Å². The second-order valence-corrected chi connectivity index (χ2v) is 24.9. The summed E-state index contributed by atoms with van der Waals surface area (Å²) in [4.78, 5) is 66.0. The number of hydrogen-bond donors (Lipinski definition) is 4. The third kappa shape index (κ3) is 13.1. The number of carbonyl (C=O) groups is 5. The fourth-order valence-corrected chi connectivity index (χ4v) is 14.8. The van der Waals surface area contributed by atoms with Crippen LogP contribution in [0.5, 0.6) is 5.75 Å². The Hall–Kier alpha value is -4.68. The molecule has 4 N–H and O–H groups in total. The van der Waals surface area contributed by atoms with Crippen LogP contribution in [-0.2, 0) is 65.3 Å². The summed E-state index contributed by atoms with van der Waals surface area (Å²) in [5.74, 6) is -1.28. The molecule has 9 unspecified atom stereocenters. The number of carbonyl (C=O) groups excluding carboxylic acids is 5. The van der Waals surface area contributed by atoms with E-state index in [1.807, 2.05) is 24.3 Å². The molecule has 2 aliphatic heterocycles. The third-order valence-electron chi connectivity index (χ3n) is 18.3. The van der Waals surface area contributed by atoms with Gasteiger partial charge < -0.3 is 68.2 Å². The van der Waals surface area contributed by atoms with E-state index in [0.717, 1.165) is 36.7 Å². The van der Waals surface area contributed by atoms with Crippen LogP contribution in [0.25, 0.3) is 0 Å². The van der Waals surface area contributed by atoms with Gasteiger partial charge in [0.1, 0.15) is 41.5 Å². The van der Waals surface area contributed by atoms with Gasteiger partial charge in [-0.25, -0.2) is 14.4 Å². The van der Waals surface area contributed by atoms with E-state index in [9.17, 15) is 34.2 Å². The summed E-state index contributed by atoms with van der Waals surface area (Å²) in [6, 6.07) is 13.9. The normalized spacial score (nSPS) is 35.0. The Labute approximate surface area is 482 Å². The van der Waals surface area contributed by atoms with Crippen molar-refractivity contribution in [3.63, 3.8) is 0 Å². The molecule has 20 heteroatoms. The van der Waals surface area contributed by atoms with Crippen molar-refractivity contribution in [2.75, 3.05) is 27.4 Å². The Bertz CT molecular complexity index is 2550. The van der Waals surface area contributed by atoms with Crippen molar-refractivity contribution in [3.8, 4) is 5.75 Å². The number of methoxy groups -OCH3 is 2. The SMILES string of the molecule is C=COC(=O)NCc1ccc(CNC(=O)O[C@H]2CC[C@@]3(C)C(=CC[C@@H]4C3CC[C@@]3(C)[C@H]4C[C@H](OC4OCC(O)C(OC5OCC(I)C(OC)C5OC(=O)c5ccc(OC)cc5)C4OC(C)=O)[C@]3(O)[C@H](C)C(=O)CCC(C)C)C2)cc1. The van der Waals surface area contributed by atoms with Crippen LogP contribution in [0.2, 0.25) is 0 Å². The number of aliphatic hydroxyl groups is 2. The molecule has 2 amide bonds. The lowest BCUT2D eigenvalue weighted by Crippen LogP contribution is -2.64. The summed E-state index contributed by atoms with van der Waals surface area (Å²) in [5, 5.41) is 30.9. The number of alkyl halides is 1. The van der Waals surface area contributed by atoms with E-state index in [1.165, 1.54) is 26.7 Å². The van der Waals surface area contributed by atoms with Gasteiger partial charge in [0.05, 0.1) is 42.2 Å². The van der Waals surface area contributed by atoms with Gasteiger partial charge in [0.2, 0.25) is 0 Å². The molecular formula is C60H81IN2O17. The first kappa shape index (κ1) is 61.4. The van der Waals surface area contributed by atoms with E-state index in [1.54, 1.807) is 31.2 Å². The van der Waals surface area contributed by atoms with Crippen LogP contribution in [0.1, 0.15) is 121 Å². The van der Waals surface area contributed by atoms with Crippen LogP contribution < -0.4 is 15.4 Å². The summed E-state index contributed by atoms with van der Waals surface area (Å²) in [5.41, 5.74) is 0.534. The fourth-order valence-electron chi connectivity index (χ4n) is 13.9. The number of alkyl carbamates (subject to hydrolysis) is 2. The van der Waals surface area contributed by atoms with Crippen LogP contribution in [0.3, 0.4) is 0 Å². The Morgan fingerprint density at radius 2 is 1.48 bits per heavy atom. The molecule has 8 rings (SSSR count). The smallest absolute Gasteiger partial charge is 0.412 e. The van der Waals surface area contributed by atoms with Gasteiger partial charge in [-0.15, -0.1) is 0 Å². The minimum Gasteiger partial charge on any atom is -0.497 e. The molecule has 2 aromatic carbocycles. The Balaban J connectivity index is 0.996. The first-order valence-corrected chi connectivity index (χ1v) is 29.3. The predicted octanol–water partition coefficient (Wildman–Crippen LogP) is 8.42. The molecule has 2 heterocycles. The number of hydrogen-bond acceptors (Lipinski definition) is 17. The van der Waals surface area contributed by atoms with E-state index in [-0.39, 0.29) is 83.2 Å². The van der Waals surface area contributed by atoms with Crippen LogP contribution >= 0.6 is 22.6 Å². The lowest BCUT2D eigenvalue weighted by atomic mass is 9.46. The van der Waals surface area contributed by atoms with Gasteiger partial charge in [0.15, 0.2) is 24.8 Å². The monoisotopic (exact) mass is 1230 g/mol. The van der Waals surface area contributed by atoms with Crippen molar-refractivity contribution in [2.24, 2.45) is 40.4 Å². The highest BCUT2D eigenvalue weighted by atomic mass is 127. The number of Topliss-reactive ketones (excluding diaryl/α,β-unsaturated/α-hetero) is 1. The van der Waals surface area contributed by atoms with E-state index >= 15 is 0 Å². The summed E-state index contributed by atoms with van der Waals surface area (Å²) >= 11 is 2.16. The molecule has 0 spiro atoms. The second-order valence-electron chi connectivity index (χ2n) is 23.3. The zero-order chi connectivity index (χ0) is 57.7. The van der Waals surface area contributed by atoms with Crippen molar-refractivity contribution in [1.82, 2.24) is 10.6 Å². The molecule has 0 bridgehead atoms. The highest BCUT2D eigenvalue weighted by Crippen LogP contribution is 2.69. The second kappa shape index (κ2) is 26.3. The number of ether oxygens (including phenoxy) is 10. The Morgan fingerprint density at radius 3 is 2.11 bits per heavy atom. The van der Waals surface area contributed by atoms with Gasteiger partial charge in [0, 0.05) is 51.3 Å². The molecule has 4 aliphatic carbocycles. The summed E-state index contributed by atoms with van der Waals surface area (Å²) in [6.45, 7) is 15.3. The fraction of sp³-hybridized carbons (Fsp3) is 0.650. The lowest BCUT2D eigenvalue weighted by molar-refractivity contribution is -0.339. The number of aliphatic hydroxyl groups excluding tert-OH is 1. The average molecular weight is 1230 g/mol. The molecular weight excluding hydrogens is 1150 g/mol. The van der Waals surface area contributed by atoms with E-state index in [0.29, 0.717) is 37.9 Å². The highest BCUT2D eigenvalue weighted by Gasteiger charge is 2.71. The zero-order valence-electron chi connectivity index (χ0n) is 47.2. The zero-order valence-corrected chi connectivity index (χ0v) is 49.4. The number of esters is 2. The van der Waals surface area contributed by atoms with Gasteiger partial charge >= 0.3 is 24.1 Å². The molecule has 17 atom stereocenters. The van der Waals surface area contributed by atoms with Gasteiger partial charge in [-0.1, -0.05) is 99.7 Å². The van der Waals surface area contributed by atoms with Crippen LogP contribution in [0.15, 0.2) is 73.0 Å². The topological polar surface area (TPSA) is 242 Å². The average Bonchev–Trinajstić information content (AvgIpc) is 3.50. The molecule has 0 radical (unpaired) electrons. The maximum absolute atomic E-state index is 14.4. The maximum atomic E-state index is 14.4. The summed E-state index contributed by atoms with van der Waals surface area (Å²) < 4.78 is 59.7. The largest absolute Gasteiger partial charge is 0.497 e. The summed E-state index contributed by atoms with van der Waals surface area (Å²) in [7, 11) is 3.01. The van der Waals surface area contributed by atoms with Gasteiger partial charge in [0.25, 0.3) is 0 Å². The molecule has 2 aromatic rings. The minimum absolute atomic E-state index is 0.0711. The van der Waals surface area contributed by atoms with Crippen LogP contribution in [0.4, 0.5) is 9.59 Å². The number of benzene rings is 2. The molecule has 6 aliphatic rings. The molecule has 2 saturated heterocycles.